The molecule has 0 aliphatic heterocycles. The number of hydrogen-bond acceptors (Lipinski definition) is 3. The third kappa shape index (κ3) is 7.38. The zero-order valence-electron chi connectivity index (χ0n) is 16.4. The lowest BCUT2D eigenvalue weighted by atomic mass is 9.84. The van der Waals surface area contributed by atoms with Crippen LogP contribution in [-0.4, -0.2) is 45.0 Å². The second-order valence-electron chi connectivity index (χ2n) is 7.68. The minimum atomic E-state index is -3.18. The first kappa shape index (κ1) is 25.1. The molecular formula is C18H31FIN3O2S. The number of guanidine groups is 1. The third-order valence-corrected chi connectivity index (χ3v) is 6.73. The van der Waals surface area contributed by atoms with Crippen LogP contribution in [0.4, 0.5) is 4.39 Å². The summed E-state index contributed by atoms with van der Waals surface area (Å²) in [6, 6.07) is 6.52. The third-order valence-electron chi connectivity index (χ3n) is 4.12. The number of nitrogens with one attached hydrogen (secondary N) is 2. The Hall–Kier alpha value is -0.900. The van der Waals surface area contributed by atoms with Crippen LogP contribution in [0.15, 0.2) is 29.3 Å². The van der Waals surface area contributed by atoms with Crippen molar-refractivity contribution < 1.29 is 12.8 Å². The average Bonchev–Trinajstić information content (AvgIpc) is 2.49. The Labute approximate surface area is 174 Å². The molecular weight excluding hydrogens is 468 g/mol. The van der Waals surface area contributed by atoms with Gasteiger partial charge in [0.15, 0.2) is 15.8 Å². The van der Waals surface area contributed by atoms with Gasteiger partial charge in [-0.25, -0.2) is 12.8 Å². The fourth-order valence-electron chi connectivity index (χ4n) is 2.15. The van der Waals surface area contributed by atoms with Gasteiger partial charge in [-0.3, -0.25) is 4.99 Å². The zero-order chi connectivity index (χ0) is 19.3. The zero-order valence-corrected chi connectivity index (χ0v) is 19.5. The van der Waals surface area contributed by atoms with Gasteiger partial charge in [0, 0.05) is 25.6 Å². The van der Waals surface area contributed by atoms with Crippen LogP contribution in [0.5, 0.6) is 0 Å². The molecule has 0 unspecified atom stereocenters. The van der Waals surface area contributed by atoms with Gasteiger partial charge in [0.1, 0.15) is 5.82 Å². The molecule has 0 aromatic heterocycles. The van der Waals surface area contributed by atoms with Crippen molar-refractivity contribution in [2.24, 2.45) is 4.99 Å². The summed E-state index contributed by atoms with van der Waals surface area (Å²) in [5.74, 6) is 0.291. The molecule has 26 heavy (non-hydrogen) atoms. The van der Waals surface area contributed by atoms with Crippen LogP contribution >= 0.6 is 24.0 Å². The van der Waals surface area contributed by atoms with E-state index in [1.807, 2.05) is 19.9 Å². The van der Waals surface area contributed by atoms with Crippen LogP contribution in [-0.2, 0) is 15.3 Å². The standard InChI is InChI=1S/C18H30FN3O2S.HI/c1-17(2,3)25(23,24)11-10-21-16(20-6)22-13-18(4,5)14-8-7-9-15(19)12-14;/h7-9,12H,10-11,13H2,1-6H3,(H2,20,21,22);1H. The number of halogens is 2. The largest absolute Gasteiger partial charge is 0.356 e. The van der Waals surface area contributed by atoms with E-state index in [9.17, 15) is 12.8 Å². The van der Waals surface area contributed by atoms with Crippen molar-refractivity contribution >= 4 is 39.8 Å². The van der Waals surface area contributed by atoms with E-state index in [1.54, 1.807) is 33.9 Å². The van der Waals surface area contributed by atoms with Gasteiger partial charge in [-0.15, -0.1) is 24.0 Å². The lowest BCUT2D eigenvalue weighted by molar-refractivity contribution is 0.503. The molecule has 0 aliphatic carbocycles. The van der Waals surface area contributed by atoms with E-state index in [0.29, 0.717) is 12.5 Å². The highest BCUT2D eigenvalue weighted by Gasteiger charge is 2.28. The van der Waals surface area contributed by atoms with Crippen molar-refractivity contribution in [2.75, 3.05) is 25.9 Å². The van der Waals surface area contributed by atoms with Crippen LogP contribution in [0.1, 0.15) is 40.2 Å². The number of benzene rings is 1. The van der Waals surface area contributed by atoms with E-state index < -0.39 is 14.6 Å². The topological polar surface area (TPSA) is 70.6 Å². The molecule has 0 aliphatic rings. The minimum Gasteiger partial charge on any atom is -0.356 e. The molecule has 1 rings (SSSR count). The molecule has 1 aromatic carbocycles. The highest BCUT2D eigenvalue weighted by atomic mass is 127. The number of aliphatic imine (C=N–C) groups is 1. The molecule has 0 atom stereocenters. The van der Waals surface area contributed by atoms with Crippen molar-refractivity contribution in [2.45, 2.75) is 44.8 Å². The maximum absolute atomic E-state index is 13.4. The van der Waals surface area contributed by atoms with E-state index in [-0.39, 0.29) is 47.5 Å². The van der Waals surface area contributed by atoms with Gasteiger partial charge in [-0.1, -0.05) is 26.0 Å². The van der Waals surface area contributed by atoms with Crippen LogP contribution in [0.2, 0.25) is 0 Å². The minimum absolute atomic E-state index is 0. The number of sulfone groups is 1. The molecule has 0 radical (unpaired) electrons. The predicted octanol–water partition coefficient (Wildman–Crippen LogP) is 3.10. The quantitative estimate of drug-likeness (QED) is 0.359. The number of hydrogen-bond donors (Lipinski definition) is 2. The van der Waals surface area contributed by atoms with E-state index in [4.69, 9.17) is 0 Å². The Kier molecular flexibility index (Phi) is 9.53. The lowest BCUT2D eigenvalue weighted by Crippen LogP contribution is -2.45. The van der Waals surface area contributed by atoms with Gasteiger partial charge in [0.25, 0.3) is 0 Å². The molecule has 0 amide bonds. The molecule has 0 saturated heterocycles. The summed E-state index contributed by atoms with van der Waals surface area (Å²) in [5, 5.41) is 6.19. The molecule has 5 nitrogen and oxygen atoms in total. The molecule has 0 heterocycles. The normalized spacial score (nSPS) is 13.1. The fourth-order valence-corrected chi connectivity index (χ4v) is 3.13. The van der Waals surface area contributed by atoms with Crippen molar-refractivity contribution in [1.82, 2.24) is 10.6 Å². The second-order valence-corrected chi connectivity index (χ2v) is 10.5. The Morgan fingerprint density at radius 1 is 1.15 bits per heavy atom. The molecule has 150 valence electrons. The first-order chi connectivity index (χ1) is 11.4. The lowest BCUT2D eigenvalue weighted by Gasteiger charge is -2.27. The molecule has 1 aromatic rings. The molecule has 0 spiro atoms. The molecule has 2 N–H and O–H groups in total. The smallest absolute Gasteiger partial charge is 0.191 e. The summed E-state index contributed by atoms with van der Waals surface area (Å²) >= 11 is 0. The van der Waals surface area contributed by atoms with Gasteiger partial charge in [-0.2, -0.15) is 0 Å². The van der Waals surface area contributed by atoms with Gasteiger partial charge in [0.05, 0.1) is 10.5 Å². The highest BCUT2D eigenvalue weighted by molar-refractivity contribution is 14.0. The summed E-state index contributed by atoms with van der Waals surface area (Å²) in [6.45, 7) is 9.89. The number of rotatable bonds is 6. The average molecular weight is 499 g/mol. The molecule has 0 saturated carbocycles. The van der Waals surface area contributed by atoms with Crippen LogP contribution < -0.4 is 10.6 Å². The summed E-state index contributed by atoms with van der Waals surface area (Å²) < 4.78 is 36.9. The number of nitrogens with zero attached hydrogens (tertiary/aromatic N) is 1. The first-order valence-corrected chi connectivity index (χ1v) is 9.97. The summed E-state index contributed by atoms with van der Waals surface area (Å²) in [5.41, 5.74) is 0.572. The summed E-state index contributed by atoms with van der Waals surface area (Å²) in [6.07, 6.45) is 0. The maximum atomic E-state index is 13.4. The van der Waals surface area contributed by atoms with Gasteiger partial charge in [0.2, 0.25) is 0 Å². The van der Waals surface area contributed by atoms with Crippen LogP contribution in [0, 0.1) is 5.82 Å². The highest BCUT2D eigenvalue weighted by Crippen LogP contribution is 2.22. The Balaban J connectivity index is 0.00000625. The Bertz CT molecular complexity index is 713. The first-order valence-electron chi connectivity index (χ1n) is 8.32. The van der Waals surface area contributed by atoms with Crippen molar-refractivity contribution in [3.05, 3.63) is 35.6 Å². The van der Waals surface area contributed by atoms with Crippen molar-refractivity contribution in [3.8, 4) is 0 Å². The van der Waals surface area contributed by atoms with E-state index in [0.717, 1.165) is 5.56 Å². The molecule has 8 heteroatoms. The van der Waals surface area contributed by atoms with Crippen LogP contribution in [0.3, 0.4) is 0 Å². The maximum Gasteiger partial charge on any atom is 0.191 e. The molecule has 0 fully saturated rings. The SMILES string of the molecule is CN=C(NCCS(=O)(=O)C(C)(C)C)NCC(C)(C)c1cccc(F)c1.I. The van der Waals surface area contributed by atoms with E-state index in [2.05, 4.69) is 15.6 Å². The van der Waals surface area contributed by atoms with Gasteiger partial charge < -0.3 is 10.6 Å². The monoisotopic (exact) mass is 499 g/mol. The van der Waals surface area contributed by atoms with Crippen LogP contribution in [0.25, 0.3) is 0 Å². The molecule has 0 bridgehead atoms. The predicted molar refractivity (Wildman–Crippen MR) is 118 cm³/mol. The summed E-state index contributed by atoms with van der Waals surface area (Å²) in [7, 11) is -1.55. The fraction of sp³-hybridized carbons (Fsp3) is 0.611. The van der Waals surface area contributed by atoms with Gasteiger partial charge >= 0.3 is 0 Å². The van der Waals surface area contributed by atoms with Crippen molar-refractivity contribution in [3.63, 3.8) is 0 Å². The van der Waals surface area contributed by atoms with E-state index >= 15 is 0 Å². The second kappa shape index (κ2) is 9.87. The van der Waals surface area contributed by atoms with Crippen molar-refractivity contribution in [1.29, 1.82) is 0 Å². The Morgan fingerprint density at radius 2 is 1.77 bits per heavy atom. The van der Waals surface area contributed by atoms with E-state index in [1.165, 1.54) is 12.1 Å². The summed E-state index contributed by atoms with van der Waals surface area (Å²) in [4.78, 5) is 4.11. The van der Waals surface area contributed by atoms with Gasteiger partial charge in [-0.05, 0) is 38.5 Å². The Morgan fingerprint density at radius 3 is 2.27 bits per heavy atom.